The second-order valence-corrected chi connectivity index (χ2v) is 12.8. The van der Waals surface area contributed by atoms with Gasteiger partial charge in [-0.2, -0.15) is 0 Å². The fourth-order valence-corrected chi connectivity index (χ4v) is 7.51. The maximum atomic E-state index is 8.81. The molecule has 0 spiro atoms. The second kappa shape index (κ2) is 12.6. The lowest BCUT2D eigenvalue weighted by molar-refractivity contribution is 1.29. The van der Waals surface area contributed by atoms with E-state index in [4.69, 9.17) is 10.4 Å². The van der Waals surface area contributed by atoms with E-state index in [0.29, 0.717) is 5.71 Å². The summed E-state index contributed by atoms with van der Waals surface area (Å²) in [5.74, 6) is 0. The van der Waals surface area contributed by atoms with E-state index in [1.807, 2.05) is 78.2 Å². The molecule has 8 rings (SSSR count). The van der Waals surface area contributed by atoms with Crippen LogP contribution in [0.4, 0.5) is 17.1 Å². The number of nitrogens with one attached hydrogen (secondary N) is 1. The molecular formula is C44H31N3S. The zero-order valence-electron chi connectivity index (χ0n) is 26.2. The maximum Gasteiger partial charge on any atom is 0.0723 e. The first-order valence-electron chi connectivity index (χ1n) is 15.9. The molecule has 0 amide bonds. The molecule has 2 heterocycles. The van der Waals surface area contributed by atoms with Crippen molar-refractivity contribution in [2.75, 3.05) is 4.90 Å². The Morgan fingerprint density at radius 2 is 1.42 bits per heavy atom. The van der Waals surface area contributed by atoms with Crippen molar-refractivity contribution in [3.05, 3.63) is 198 Å². The Balaban J connectivity index is 1.20. The highest BCUT2D eigenvalue weighted by molar-refractivity contribution is 7.26. The molecule has 0 unspecified atom stereocenters. The van der Waals surface area contributed by atoms with Crippen LogP contribution in [0.5, 0.6) is 0 Å². The van der Waals surface area contributed by atoms with Crippen molar-refractivity contribution in [3.63, 3.8) is 0 Å². The van der Waals surface area contributed by atoms with Gasteiger partial charge in [-0.15, -0.1) is 11.3 Å². The molecular weight excluding hydrogens is 603 g/mol. The zero-order valence-corrected chi connectivity index (χ0v) is 27.0. The molecule has 7 aromatic rings. The van der Waals surface area contributed by atoms with Crippen LogP contribution in [-0.2, 0) is 0 Å². The number of rotatable bonds is 6. The Kier molecular flexibility index (Phi) is 7.69. The summed E-state index contributed by atoms with van der Waals surface area (Å²) in [7, 11) is 0. The third kappa shape index (κ3) is 5.49. The molecule has 0 radical (unpaired) electrons. The number of nitrogens with zero attached hydrogens (tertiary/aromatic N) is 2. The van der Waals surface area contributed by atoms with Gasteiger partial charge in [0.1, 0.15) is 0 Å². The van der Waals surface area contributed by atoms with Crippen LogP contribution < -0.4 is 4.90 Å². The standard InChI is InChI=1S/C44H31N3S/c1-30-28-34(32-12-4-2-5-13-32)26-27-47(43-36(30)24-25-38-37-16-9-11-19-41(37)48-44(38)43)35-22-20-31(21-23-35)29-46-40-18-10-8-17-39(40)42(45)33-14-6-3-7-15-33/h2-29,45H,1H2/b27-26-,34-28+,45-42?,46-29?. The van der Waals surface area contributed by atoms with E-state index < -0.39 is 0 Å². The summed E-state index contributed by atoms with van der Waals surface area (Å²) in [4.78, 5) is 7.13. The SMILES string of the molecule is C=C1/C=C(c2ccccc2)\C=C/N(c2ccc(C=Nc3ccccc3C(=N)c3ccccc3)cc2)c2c1ccc1c2sc2ccccc21. The highest BCUT2D eigenvalue weighted by Gasteiger charge is 2.21. The summed E-state index contributed by atoms with van der Waals surface area (Å²) in [6.45, 7) is 4.56. The summed E-state index contributed by atoms with van der Waals surface area (Å²) < 4.78 is 2.50. The van der Waals surface area contributed by atoms with Crippen molar-refractivity contribution in [2.45, 2.75) is 0 Å². The average molecular weight is 634 g/mol. The lowest BCUT2D eigenvalue weighted by Gasteiger charge is -2.27. The first-order chi connectivity index (χ1) is 23.6. The van der Waals surface area contributed by atoms with Gasteiger partial charge >= 0.3 is 0 Å². The third-order valence-corrected chi connectivity index (χ3v) is 9.90. The molecule has 3 nitrogen and oxygen atoms in total. The van der Waals surface area contributed by atoms with Gasteiger partial charge in [0.05, 0.1) is 21.8 Å². The fourth-order valence-electron chi connectivity index (χ4n) is 6.26. The zero-order chi connectivity index (χ0) is 32.5. The summed E-state index contributed by atoms with van der Waals surface area (Å²) in [6.07, 6.45) is 8.43. The van der Waals surface area contributed by atoms with Crippen LogP contribution in [0.15, 0.2) is 176 Å². The van der Waals surface area contributed by atoms with Gasteiger partial charge in [-0.25, -0.2) is 0 Å². The Morgan fingerprint density at radius 1 is 0.708 bits per heavy atom. The smallest absolute Gasteiger partial charge is 0.0723 e. The summed E-state index contributed by atoms with van der Waals surface area (Å²) in [5, 5.41) is 11.3. The number of fused-ring (bicyclic) bond motifs is 5. The lowest BCUT2D eigenvalue weighted by atomic mass is 9.95. The van der Waals surface area contributed by atoms with Crippen LogP contribution in [-0.4, -0.2) is 11.9 Å². The number of anilines is 2. The molecule has 1 N–H and O–H groups in total. The van der Waals surface area contributed by atoms with Gasteiger partial charge in [0.15, 0.2) is 0 Å². The van der Waals surface area contributed by atoms with Crippen molar-refractivity contribution in [1.82, 2.24) is 0 Å². The molecule has 0 fully saturated rings. The van der Waals surface area contributed by atoms with Crippen molar-refractivity contribution in [2.24, 2.45) is 4.99 Å². The minimum atomic E-state index is 0.458. The number of hydrogen-bond acceptors (Lipinski definition) is 4. The minimum absolute atomic E-state index is 0.458. The van der Waals surface area contributed by atoms with Crippen molar-refractivity contribution < 1.29 is 0 Å². The fraction of sp³-hybridized carbons (Fsp3) is 0. The molecule has 0 saturated carbocycles. The molecule has 0 saturated heterocycles. The van der Waals surface area contributed by atoms with E-state index >= 15 is 0 Å². The van der Waals surface area contributed by atoms with Gasteiger partial charge in [-0.1, -0.05) is 128 Å². The number of allylic oxidation sites excluding steroid dienone is 4. The van der Waals surface area contributed by atoms with Crippen LogP contribution in [0.2, 0.25) is 0 Å². The van der Waals surface area contributed by atoms with E-state index in [0.717, 1.165) is 56.0 Å². The van der Waals surface area contributed by atoms with Gasteiger partial charge in [0, 0.05) is 50.3 Å². The minimum Gasteiger partial charge on any atom is -0.315 e. The monoisotopic (exact) mass is 633 g/mol. The number of hydrogen-bond donors (Lipinski definition) is 1. The molecule has 228 valence electrons. The van der Waals surface area contributed by atoms with E-state index in [9.17, 15) is 0 Å². The quantitative estimate of drug-likeness (QED) is 0.182. The Labute approximate surface area is 284 Å². The third-order valence-electron chi connectivity index (χ3n) is 8.71. The van der Waals surface area contributed by atoms with E-state index in [2.05, 4.69) is 115 Å². The van der Waals surface area contributed by atoms with Crippen LogP contribution in [0.25, 0.3) is 31.3 Å². The molecule has 1 aliphatic rings. The van der Waals surface area contributed by atoms with Crippen molar-refractivity contribution in [3.8, 4) is 0 Å². The van der Waals surface area contributed by atoms with E-state index in [-0.39, 0.29) is 0 Å². The highest BCUT2D eigenvalue weighted by Crippen LogP contribution is 2.46. The predicted molar refractivity (Wildman–Crippen MR) is 207 cm³/mol. The summed E-state index contributed by atoms with van der Waals surface area (Å²) in [6, 6.07) is 49.7. The lowest BCUT2D eigenvalue weighted by Crippen LogP contribution is -2.12. The summed E-state index contributed by atoms with van der Waals surface area (Å²) in [5.41, 5.74) is 10.4. The number of para-hydroxylation sites is 1. The predicted octanol–water partition coefficient (Wildman–Crippen LogP) is 12.0. The molecule has 0 atom stereocenters. The maximum absolute atomic E-state index is 8.81. The van der Waals surface area contributed by atoms with Crippen molar-refractivity contribution >= 4 is 71.6 Å². The molecule has 0 bridgehead atoms. The van der Waals surface area contributed by atoms with Gasteiger partial charge in [0.25, 0.3) is 0 Å². The largest absolute Gasteiger partial charge is 0.315 e. The Morgan fingerprint density at radius 3 is 2.23 bits per heavy atom. The van der Waals surface area contributed by atoms with Crippen LogP contribution in [0.3, 0.4) is 0 Å². The molecule has 0 aliphatic carbocycles. The first-order valence-corrected chi connectivity index (χ1v) is 16.7. The number of aliphatic imine (C=N–C) groups is 1. The Hall–Kier alpha value is -6.10. The van der Waals surface area contributed by atoms with Crippen LogP contribution in [0.1, 0.15) is 27.8 Å². The van der Waals surface area contributed by atoms with Crippen molar-refractivity contribution in [1.29, 1.82) is 5.41 Å². The first kappa shape index (κ1) is 29.3. The Bertz CT molecular complexity index is 2410. The number of benzene rings is 6. The second-order valence-electron chi connectivity index (χ2n) is 11.7. The normalized spacial score (nSPS) is 14.8. The molecule has 4 heteroatoms. The average Bonchev–Trinajstić information content (AvgIpc) is 3.52. The highest BCUT2D eigenvalue weighted by atomic mass is 32.1. The van der Waals surface area contributed by atoms with Gasteiger partial charge in [0.2, 0.25) is 0 Å². The van der Waals surface area contributed by atoms with Gasteiger partial charge in [-0.05, 0) is 58.7 Å². The van der Waals surface area contributed by atoms with E-state index in [1.54, 1.807) is 0 Å². The van der Waals surface area contributed by atoms with Gasteiger partial charge < -0.3 is 4.90 Å². The van der Waals surface area contributed by atoms with E-state index in [1.165, 1.54) is 20.2 Å². The van der Waals surface area contributed by atoms with Crippen LogP contribution in [0, 0.1) is 5.41 Å². The molecule has 1 aromatic heterocycles. The molecule has 1 aliphatic heterocycles. The number of thiophene rings is 1. The van der Waals surface area contributed by atoms with Crippen LogP contribution >= 0.6 is 11.3 Å². The molecule has 48 heavy (non-hydrogen) atoms. The summed E-state index contributed by atoms with van der Waals surface area (Å²) >= 11 is 1.82. The topological polar surface area (TPSA) is 39.5 Å². The molecule has 6 aromatic carbocycles. The van der Waals surface area contributed by atoms with Gasteiger partial charge in [-0.3, -0.25) is 10.4 Å².